The summed E-state index contributed by atoms with van der Waals surface area (Å²) in [5.41, 5.74) is 1.72. The summed E-state index contributed by atoms with van der Waals surface area (Å²) in [5, 5.41) is 5.69. The van der Waals surface area contributed by atoms with Gasteiger partial charge in [-0.1, -0.05) is 78.9 Å². The second-order valence-corrected chi connectivity index (χ2v) is 11.8. The monoisotopic (exact) mass is 605 g/mol. The molecule has 5 aromatic carbocycles. The van der Waals surface area contributed by atoms with Crippen molar-refractivity contribution in [1.82, 2.24) is 5.32 Å². The van der Waals surface area contributed by atoms with Gasteiger partial charge in [0.1, 0.15) is 18.0 Å². The number of carbonyl (C=O) groups is 2. The lowest BCUT2D eigenvalue weighted by Gasteiger charge is -2.24. The minimum atomic E-state index is -4.13. The van der Waals surface area contributed by atoms with Gasteiger partial charge in [-0.05, 0) is 73.2 Å². The summed E-state index contributed by atoms with van der Waals surface area (Å²) < 4.78 is 34.4. The van der Waals surface area contributed by atoms with Gasteiger partial charge in [0, 0.05) is 0 Å². The highest BCUT2D eigenvalue weighted by Crippen LogP contribution is 2.28. The SMILES string of the molecule is C[C@H](NC(=O)c1ccccc1NC(=O)CN(c1ccc(Oc2ccccc2)cc1)S(=O)(=O)c1ccccc1)c1ccccc1. The normalized spacial score (nSPS) is 11.7. The van der Waals surface area contributed by atoms with Crippen molar-refractivity contribution in [3.63, 3.8) is 0 Å². The highest BCUT2D eigenvalue weighted by molar-refractivity contribution is 7.92. The van der Waals surface area contributed by atoms with Crippen LogP contribution >= 0.6 is 0 Å². The topological polar surface area (TPSA) is 105 Å². The van der Waals surface area contributed by atoms with E-state index < -0.39 is 22.5 Å². The van der Waals surface area contributed by atoms with Crippen LogP contribution in [0.1, 0.15) is 28.9 Å². The molecule has 0 radical (unpaired) electrons. The number of carbonyl (C=O) groups excluding carboxylic acids is 2. The molecule has 5 rings (SSSR count). The number of nitrogens with zero attached hydrogens (tertiary/aromatic N) is 1. The molecule has 8 nitrogen and oxygen atoms in total. The molecule has 0 aliphatic rings. The molecular weight excluding hydrogens is 574 g/mol. The van der Waals surface area contributed by atoms with Crippen LogP contribution in [0.2, 0.25) is 0 Å². The zero-order chi connectivity index (χ0) is 30.9. The van der Waals surface area contributed by atoms with E-state index in [1.165, 1.54) is 12.1 Å². The molecule has 0 aliphatic heterocycles. The average Bonchev–Trinajstić information content (AvgIpc) is 3.05. The molecule has 0 saturated carbocycles. The molecule has 1 atom stereocenters. The lowest BCUT2D eigenvalue weighted by molar-refractivity contribution is -0.114. The largest absolute Gasteiger partial charge is 0.457 e. The minimum absolute atomic E-state index is 0.0343. The van der Waals surface area contributed by atoms with Crippen LogP contribution in [0.15, 0.2) is 144 Å². The maximum absolute atomic E-state index is 13.8. The fourth-order valence-electron chi connectivity index (χ4n) is 4.55. The van der Waals surface area contributed by atoms with Crippen LogP contribution < -0.4 is 19.7 Å². The van der Waals surface area contributed by atoms with Crippen LogP contribution in [-0.2, 0) is 14.8 Å². The fourth-order valence-corrected chi connectivity index (χ4v) is 5.99. The summed E-state index contributed by atoms with van der Waals surface area (Å²) >= 11 is 0. The second-order valence-electron chi connectivity index (χ2n) is 9.93. The van der Waals surface area contributed by atoms with Crippen molar-refractivity contribution in [2.24, 2.45) is 0 Å². The third kappa shape index (κ3) is 7.32. The summed E-state index contributed by atoms with van der Waals surface area (Å²) in [6.45, 7) is 1.34. The molecule has 0 unspecified atom stereocenters. The Labute approximate surface area is 257 Å². The first-order valence-electron chi connectivity index (χ1n) is 14.0. The molecule has 44 heavy (non-hydrogen) atoms. The molecule has 0 spiro atoms. The summed E-state index contributed by atoms with van der Waals surface area (Å²) in [5.74, 6) is 0.144. The van der Waals surface area contributed by atoms with Crippen LogP contribution in [0.3, 0.4) is 0 Å². The van der Waals surface area contributed by atoms with Gasteiger partial charge in [-0.25, -0.2) is 8.42 Å². The van der Waals surface area contributed by atoms with E-state index in [0.29, 0.717) is 11.5 Å². The summed E-state index contributed by atoms with van der Waals surface area (Å²) in [4.78, 5) is 26.7. The molecule has 0 bridgehead atoms. The number of hydrogen-bond donors (Lipinski definition) is 2. The zero-order valence-electron chi connectivity index (χ0n) is 24.0. The van der Waals surface area contributed by atoms with Gasteiger partial charge in [0.05, 0.1) is 27.9 Å². The number of benzene rings is 5. The molecule has 2 amide bonds. The van der Waals surface area contributed by atoms with Crippen LogP contribution in [0.4, 0.5) is 11.4 Å². The smallest absolute Gasteiger partial charge is 0.264 e. The van der Waals surface area contributed by atoms with E-state index in [9.17, 15) is 18.0 Å². The Balaban J connectivity index is 1.37. The maximum Gasteiger partial charge on any atom is 0.264 e. The van der Waals surface area contributed by atoms with Crippen molar-refractivity contribution in [2.45, 2.75) is 17.9 Å². The average molecular weight is 606 g/mol. The van der Waals surface area contributed by atoms with Crippen molar-refractivity contribution < 1.29 is 22.7 Å². The van der Waals surface area contributed by atoms with Crippen molar-refractivity contribution in [1.29, 1.82) is 0 Å². The first-order chi connectivity index (χ1) is 21.3. The second kappa shape index (κ2) is 13.7. The molecule has 222 valence electrons. The number of sulfonamides is 1. The highest BCUT2D eigenvalue weighted by Gasteiger charge is 2.28. The molecule has 0 aliphatic carbocycles. The van der Waals surface area contributed by atoms with Crippen LogP contribution in [0.5, 0.6) is 11.5 Å². The van der Waals surface area contributed by atoms with Crippen molar-refractivity contribution in [3.8, 4) is 11.5 Å². The quantitative estimate of drug-likeness (QED) is 0.172. The van der Waals surface area contributed by atoms with Gasteiger partial charge in [-0.15, -0.1) is 0 Å². The first-order valence-corrected chi connectivity index (χ1v) is 15.4. The zero-order valence-corrected chi connectivity index (χ0v) is 24.8. The number of nitrogens with one attached hydrogen (secondary N) is 2. The van der Waals surface area contributed by atoms with Gasteiger partial charge >= 0.3 is 0 Å². The molecule has 0 heterocycles. The lowest BCUT2D eigenvalue weighted by atomic mass is 10.1. The van der Waals surface area contributed by atoms with Crippen LogP contribution in [0, 0.1) is 0 Å². The van der Waals surface area contributed by atoms with Gasteiger partial charge in [-0.3, -0.25) is 13.9 Å². The number of anilines is 2. The predicted octanol–water partition coefficient (Wildman–Crippen LogP) is 6.80. The van der Waals surface area contributed by atoms with E-state index in [-0.39, 0.29) is 33.8 Å². The van der Waals surface area contributed by atoms with Crippen molar-refractivity contribution >= 4 is 33.2 Å². The lowest BCUT2D eigenvalue weighted by Crippen LogP contribution is -2.38. The van der Waals surface area contributed by atoms with E-state index >= 15 is 0 Å². The first kappa shape index (κ1) is 30.1. The molecule has 2 N–H and O–H groups in total. The summed E-state index contributed by atoms with van der Waals surface area (Å²) in [6, 6.07) is 39.4. The third-order valence-electron chi connectivity index (χ3n) is 6.81. The third-order valence-corrected chi connectivity index (χ3v) is 8.60. The van der Waals surface area contributed by atoms with Gasteiger partial charge in [0.15, 0.2) is 0 Å². The maximum atomic E-state index is 13.8. The van der Waals surface area contributed by atoms with E-state index in [0.717, 1.165) is 9.87 Å². The van der Waals surface area contributed by atoms with Gasteiger partial charge in [0.2, 0.25) is 5.91 Å². The van der Waals surface area contributed by atoms with Gasteiger partial charge in [0.25, 0.3) is 15.9 Å². The van der Waals surface area contributed by atoms with E-state index in [1.54, 1.807) is 66.7 Å². The van der Waals surface area contributed by atoms with Crippen molar-refractivity contribution in [3.05, 3.63) is 151 Å². The molecule has 9 heteroatoms. The minimum Gasteiger partial charge on any atom is -0.457 e. The van der Waals surface area contributed by atoms with E-state index in [4.69, 9.17) is 4.74 Å². The van der Waals surface area contributed by atoms with E-state index in [2.05, 4.69) is 10.6 Å². The molecule has 0 saturated heterocycles. The standard InChI is InChI=1S/C35H31N3O5S/c1-26(27-13-5-2-6-14-27)36-35(40)32-19-11-12-20-33(32)37-34(39)25-38(44(41,42)31-17-9-4-10-18-31)28-21-23-30(24-22-28)43-29-15-7-3-8-16-29/h2-24,26H,25H2,1H3,(H,36,40)(H,37,39)/t26-/m0/s1. The Bertz CT molecular complexity index is 1820. The van der Waals surface area contributed by atoms with Gasteiger partial charge < -0.3 is 15.4 Å². The Morgan fingerprint density at radius 2 is 1.25 bits per heavy atom. The van der Waals surface area contributed by atoms with Crippen LogP contribution in [0.25, 0.3) is 0 Å². The number of para-hydroxylation sites is 2. The Hall–Kier alpha value is -5.41. The highest BCUT2D eigenvalue weighted by atomic mass is 32.2. The van der Waals surface area contributed by atoms with Crippen LogP contribution in [-0.4, -0.2) is 26.8 Å². The Morgan fingerprint density at radius 3 is 1.91 bits per heavy atom. The fraction of sp³-hybridized carbons (Fsp3) is 0.0857. The summed E-state index contributed by atoms with van der Waals surface area (Å²) in [7, 11) is -4.13. The van der Waals surface area contributed by atoms with Gasteiger partial charge in [-0.2, -0.15) is 0 Å². The summed E-state index contributed by atoms with van der Waals surface area (Å²) in [6.07, 6.45) is 0. The molecular formula is C35H31N3O5S. The van der Waals surface area contributed by atoms with E-state index in [1.807, 2.05) is 67.6 Å². The number of amides is 2. The predicted molar refractivity (Wildman–Crippen MR) is 171 cm³/mol. The molecule has 0 fully saturated rings. The Kier molecular flexibility index (Phi) is 9.37. The molecule has 0 aromatic heterocycles. The number of hydrogen-bond acceptors (Lipinski definition) is 5. The Morgan fingerprint density at radius 1 is 0.705 bits per heavy atom. The number of ether oxygens (including phenoxy) is 1. The molecule has 5 aromatic rings. The van der Waals surface area contributed by atoms with Crippen molar-refractivity contribution in [2.75, 3.05) is 16.2 Å². The number of rotatable bonds is 11.